The quantitative estimate of drug-likeness (QED) is 0.0684. The summed E-state index contributed by atoms with van der Waals surface area (Å²) in [6.07, 6.45) is 41.8. The van der Waals surface area contributed by atoms with Crippen LogP contribution in [0.3, 0.4) is 0 Å². The van der Waals surface area contributed by atoms with Gasteiger partial charge in [-0.25, -0.2) is 0 Å². The molecule has 0 saturated heterocycles. The zero-order chi connectivity index (χ0) is 29.8. The first-order valence-corrected chi connectivity index (χ1v) is 17.2. The molecule has 4 nitrogen and oxygen atoms in total. The zero-order valence-electron chi connectivity index (χ0n) is 28.7. The van der Waals surface area contributed by atoms with Gasteiger partial charge in [-0.2, -0.15) is 0 Å². The van der Waals surface area contributed by atoms with Crippen molar-refractivity contribution in [3.63, 3.8) is 0 Å². The smallest absolute Gasteiger partial charge is 0.550 e. The third-order valence-corrected chi connectivity index (χ3v) is 7.29. The van der Waals surface area contributed by atoms with Crippen molar-refractivity contribution in [2.75, 3.05) is 0 Å². The molecule has 42 heavy (non-hydrogen) atoms. The fourth-order valence-corrected chi connectivity index (χ4v) is 4.68. The Hall–Kier alpha value is 1.69. The molecule has 0 aliphatic heterocycles. The van der Waals surface area contributed by atoms with E-state index < -0.39 is 11.9 Å². The van der Waals surface area contributed by atoms with Gasteiger partial charge in [0.1, 0.15) is 0 Å². The van der Waals surface area contributed by atoms with Gasteiger partial charge in [-0.05, 0) is 77.0 Å². The minimum atomic E-state index is -0.914. The second-order valence-corrected chi connectivity index (χ2v) is 11.4. The summed E-state index contributed by atoms with van der Waals surface area (Å²) in [6.45, 7) is 4.51. The molecule has 0 heterocycles. The molecule has 0 N–H and O–H groups in total. The molecule has 0 unspecified atom stereocenters. The second kappa shape index (κ2) is 47.1. The van der Waals surface area contributed by atoms with E-state index in [1.165, 1.54) is 128 Å². The molecule has 0 aromatic carbocycles. The fraction of sp³-hybridized carbons (Fsp3) is 0.833. The van der Waals surface area contributed by atoms with Crippen LogP contribution in [0, 0.1) is 0 Å². The largest absolute Gasteiger partial charge is 1.00 e. The van der Waals surface area contributed by atoms with E-state index >= 15 is 0 Å². The van der Waals surface area contributed by atoms with Crippen molar-refractivity contribution in [1.82, 2.24) is 0 Å². The Balaban J connectivity index is -0.000000328. The molecule has 0 rings (SSSR count). The van der Waals surface area contributed by atoms with Crippen LogP contribution >= 0.6 is 0 Å². The van der Waals surface area contributed by atoms with Crippen LogP contribution in [0.5, 0.6) is 0 Å². The molecule has 0 bridgehead atoms. The van der Waals surface area contributed by atoms with Crippen molar-refractivity contribution in [2.45, 2.75) is 194 Å². The Bertz CT molecular complexity index is 529. The predicted molar refractivity (Wildman–Crippen MR) is 169 cm³/mol. The van der Waals surface area contributed by atoms with Crippen molar-refractivity contribution in [3.05, 3.63) is 24.3 Å². The molecule has 0 amide bonds. The first kappa shape index (κ1) is 50.5. The van der Waals surface area contributed by atoms with Crippen LogP contribution in [-0.2, 0) is 9.59 Å². The molecule has 0 aliphatic carbocycles. The van der Waals surface area contributed by atoms with E-state index in [2.05, 4.69) is 38.2 Å². The van der Waals surface area contributed by atoms with E-state index in [0.29, 0.717) is 0 Å². The Morgan fingerprint density at radius 2 is 0.595 bits per heavy atom. The monoisotopic (exact) mass is 640 g/mol. The van der Waals surface area contributed by atoms with Crippen LogP contribution in [0.15, 0.2) is 24.3 Å². The van der Waals surface area contributed by atoms with Crippen LogP contribution in [0.1, 0.15) is 194 Å². The molecule has 0 spiro atoms. The first-order valence-electron chi connectivity index (χ1n) is 17.2. The molecule has 0 aromatic heterocycles. The summed E-state index contributed by atoms with van der Waals surface area (Å²) >= 11 is 0. The minimum absolute atomic E-state index is 0. The normalized spacial score (nSPS) is 10.7. The van der Waals surface area contributed by atoms with E-state index in [-0.39, 0.29) is 116 Å². The third kappa shape index (κ3) is 54.2. The molecule has 0 radical (unpaired) electrons. The van der Waals surface area contributed by atoms with Gasteiger partial charge in [0.25, 0.3) is 0 Å². The fourth-order valence-electron chi connectivity index (χ4n) is 4.68. The number of rotatable bonds is 30. The molecule has 0 atom stereocenters. The predicted octanol–water partition coefficient (Wildman–Crippen LogP) is 3.56. The summed E-state index contributed by atoms with van der Waals surface area (Å²) in [7, 11) is 0. The molecular formula is C36H66K2O4. The number of hydrogen-bond acceptors (Lipinski definition) is 4. The van der Waals surface area contributed by atoms with Crippen LogP contribution in [0.4, 0.5) is 0 Å². The average Bonchev–Trinajstić information content (AvgIpc) is 2.93. The van der Waals surface area contributed by atoms with Gasteiger partial charge in [0.05, 0.1) is 0 Å². The molecule has 0 aliphatic rings. The Labute approximate surface area is 347 Å². The van der Waals surface area contributed by atoms with Gasteiger partial charge < -0.3 is 19.8 Å². The Kier molecular flexibility index (Phi) is 56.7. The summed E-state index contributed by atoms with van der Waals surface area (Å²) in [5.74, 6) is -1.83. The van der Waals surface area contributed by atoms with E-state index in [9.17, 15) is 19.8 Å². The summed E-state index contributed by atoms with van der Waals surface area (Å²) in [4.78, 5) is 20.4. The third-order valence-electron chi connectivity index (χ3n) is 7.29. The minimum Gasteiger partial charge on any atom is -0.550 e. The van der Waals surface area contributed by atoms with Gasteiger partial charge in [-0.15, -0.1) is 0 Å². The number of carbonyl (C=O) groups excluding carboxylic acids is 2. The Morgan fingerprint density at radius 3 is 0.833 bits per heavy atom. The maximum Gasteiger partial charge on any atom is 1.00 e. The number of carbonyl (C=O) groups is 2. The number of allylic oxidation sites excluding steroid dienone is 4. The van der Waals surface area contributed by atoms with Crippen molar-refractivity contribution >= 4 is 11.9 Å². The topological polar surface area (TPSA) is 80.3 Å². The number of carboxylic acid groups (broad SMARTS) is 2. The zero-order valence-corrected chi connectivity index (χ0v) is 35.0. The molecular weight excluding hydrogens is 575 g/mol. The maximum absolute atomic E-state index is 10.2. The van der Waals surface area contributed by atoms with Gasteiger partial charge in [0.2, 0.25) is 0 Å². The van der Waals surface area contributed by atoms with Gasteiger partial charge in [-0.3, -0.25) is 0 Å². The molecule has 0 fully saturated rings. The summed E-state index contributed by atoms with van der Waals surface area (Å²) in [6, 6.07) is 0. The van der Waals surface area contributed by atoms with E-state index in [0.717, 1.165) is 38.5 Å². The van der Waals surface area contributed by atoms with Crippen molar-refractivity contribution < 1.29 is 123 Å². The SMILES string of the molecule is CCCCCCCCC=CCCCCCCCC(=O)[O-].CCCCCCCCC=CCCCCCCCC(=O)[O-].[K+].[K+]. The second-order valence-electron chi connectivity index (χ2n) is 11.4. The molecule has 0 aromatic rings. The van der Waals surface area contributed by atoms with Crippen LogP contribution in [0.25, 0.3) is 0 Å². The van der Waals surface area contributed by atoms with E-state index in [1.54, 1.807) is 0 Å². The van der Waals surface area contributed by atoms with Crippen LogP contribution in [0.2, 0.25) is 0 Å². The average molecular weight is 641 g/mol. The standard InChI is InChI=1S/2C18H34O2.2K/c2*1-2-3-4-5-6-7-8-9-10-11-12-13-14-15-16-17-18(19)20;;/h2*9-10H,2-8,11-17H2,1H3,(H,19,20);;/q;;2*+1/p-2. The van der Waals surface area contributed by atoms with Crippen LogP contribution < -0.4 is 113 Å². The van der Waals surface area contributed by atoms with Gasteiger partial charge in [0.15, 0.2) is 0 Å². The Morgan fingerprint density at radius 1 is 0.381 bits per heavy atom. The van der Waals surface area contributed by atoms with Gasteiger partial charge in [-0.1, -0.05) is 141 Å². The maximum atomic E-state index is 10.2. The van der Waals surface area contributed by atoms with Crippen molar-refractivity contribution in [2.24, 2.45) is 0 Å². The number of aliphatic carboxylic acids is 2. The number of carboxylic acids is 2. The molecule has 236 valence electrons. The molecule has 6 heteroatoms. The van der Waals surface area contributed by atoms with Crippen molar-refractivity contribution in [3.8, 4) is 0 Å². The number of unbranched alkanes of at least 4 members (excludes halogenated alkanes) is 22. The summed E-state index contributed by atoms with van der Waals surface area (Å²) in [5.41, 5.74) is 0. The van der Waals surface area contributed by atoms with Crippen LogP contribution in [-0.4, -0.2) is 11.9 Å². The van der Waals surface area contributed by atoms with Gasteiger partial charge >= 0.3 is 103 Å². The van der Waals surface area contributed by atoms with Crippen molar-refractivity contribution in [1.29, 1.82) is 0 Å². The number of hydrogen-bond donors (Lipinski definition) is 0. The van der Waals surface area contributed by atoms with Gasteiger partial charge in [0, 0.05) is 11.9 Å². The van der Waals surface area contributed by atoms with E-state index in [1.807, 2.05) is 0 Å². The first-order chi connectivity index (χ1) is 19.5. The van der Waals surface area contributed by atoms with E-state index in [4.69, 9.17) is 0 Å². The summed E-state index contributed by atoms with van der Waals surface area (Å²) in [5, 5.41) is 20.4. The molecule has 0 saturated carbocycles. The summed E-state index contributed by atoms with van der Waals surface area (Å²) < 4.78 is 0.